The van der Waals surface area contributed by atoms with Crippen LogP contribution in [0.3, 0.4) is 0 Å². The number of thioether (sulfide) groups is 1. The smallest absolute Gasteiger partial charge is 0.255 e. The number of hydrogen-bond donors (Lipinski definition) is 1. The maximum Gasteiger partial charge on any atom is 0.255 e. The second kappa shape index (κ2) is 9.16. The summed E-state index contributed by atoms with van der Waals surface area (Å²) < 4.78 is 0. The number of anilines is 1. The molecule has 0 radical (unpaired) electrons. The molecule has 4 aromatic rings. The first-order chi connectivity index (χ1) is 14.6. The average Bonchev–Trinajstić information content (AvgIpc) is 2.77. The summed E-state index contributed by atoms with van der Waals surface area (Å²) in [6, 6.07) is 28.1. The molecule has 0 heterocycles. The highest BCUT2D eigenvalue weighted by Gasteiger charge is 2.11. The monoisotopic (exact) mass is 431 g/mol. The number of benzene rings is 4. The lowest BCUT2D eigenvalue weighted by Crippen LogP contribution is -2.11. The molecule has 30 heavy (non-hydrogen) atoms. The highest BCUT2D eigenvalue weighted by Crippen LogP contribution is 2.25. The number of fused-ring (bicyclic) bond motifs is 1. The van der Waals surface area contributed by atoms with Crippen LogP contribution >= 0.6 is 23.4 Å². The van der Waals surface area contributed by atoms with Gasteiger partial charge in [0, 0.05) is 21.7 Å². The van der Waals surface area contributed by atoms with Crippen LogP contribution in [0.1, 0.15) is 20.7 Å². The molecule has 148 valence electrons. The van der Waals surface area contributed by atoms with E-state index >= 15 is 0 Å². The van der Waals surface area contributed by atoms with E-state index < -0.39 is 0 Å². The van der Waals surface area contributed by atoms with Gasteiger partial charge >= 0.3 is 0 Å². The summed E-state index contributed by atoms with van der Waals surface area (Å²) >= 11 is 7.51. The van der Waals surface area contributed by atoms with E-state index in [1.165, 1.54) is 11.8 Å². The topological polar surface area (TPSA) is 46.2 Å². The Morgan fingerprint density at radius 2 is 1.57 bits per heavy atom. The fourth-order valence-corrected chi connectivity index (χ4v) is 4.19. The first-order valence-electron chi connectivity index (χ1n) is 9.41. The summed E-state index contributed by atoms with van der Waals surface area (Å²) in [5.41, 5.74) is 1.80. The fourth-order valence-electron chi connectivity index (χ4n) is 3.11. The van der Waals surface area contributed by atoms with Crippen LogP contribution in [-0.4, -0.2) is 17.4 Å². The van der Waals surface area contributed by atoms with Gasteiger partial charge in [0.25, 0.3) is 5.91 Å². The number of carbonyl (C=O) groups excluding carboxylic acids is 2. The zero-order chi connectivity index (χ0) is 20.9. The molecule has 0 atom stereocenters. The van der Waals surface area contributed by atoms with Crippen LogP contribution < -0.4 is 5.32 Å². The zero-order valence-electron chi connectivity index (χ0n) is 16.0. The van der Waals surface area contributed by atoms with E-state index in [4.69, 9.17) is 11.6 Å². The Labute approximate surface area is 184 Å². The number of carbonyl (C=O) groups is 2. The Hall–Kier alpha value is -3.08. The van der Waals surface area contributed by atoms with Crippen LogP contribution in [0.4, 0.5) is 5.69 Å². The van der Waals surface area contributed by atoms with Crippen LogP contribution in [-0.2, 0) is 0 Å². The van der Waals surface area contributed by atoms with Crippen LogP contribution in [0.5, 0.6) is 0 Å². The molecule has 0 saturated heterocycles. The van der Waals surface area contributed by atoms with Gasteiger partial charge in [-0.3, -0.25) is 9.59 Å². The number of ketones is 1. The van der Waals surface area contributed by atoms with E-state index in [2.05, 4.69) is 5.32 Å². The van der Waals surface area contributed by atoms with Gasteiger partial charge < -0.3 is 5.32 Å². The molecule has 0 saturated carbocycles. The predicted molar refractivity (Wildman–Crippen MR) is 125 cm³/mol. The highest BCUT2D eigenvalue weighted by molar-refractivity contribution is 8.00. The average molecular weight is 432 g/mol. The minimum Gasteiger partial charge on any atom is -0.322 e. The minimum absolute atomic E-state index is 0.0313. The van der Waals surface area contributed by atoms with Crippen LogP contribution in [0.2, 0.25) is 5.02 Å². The maximum absolute atomic E-state index is 12.7. The number of amides is 1. The summed E-state index contributed by atoms with van der Waals surface area (Å²) in [6.45, 7) is 0. The first kappa shape index (κ1) is 20.2. The summed E-state index contributed by atoms with van der Waals surface area (Å²) in [6.07, 6.45) is 0. The van der Waals surface area contributed by atoms with Gasteiger partial charge in [0.1, 0.15) is 0 Å². The van der Waals surface area contributed by atoms with Crippen molar-refractivity contribution >= 4 is 51.5 Å². The first-order valence-corrected chi connectivity index (χ1v) is 10.8. The van der Waals surface area contributed by atoms with Crippen molar-refractivity contribution in [3.8, 4) is 0 Å². The highest BCUT2D eigenvalue weighted by atomic mass is 35.5. The number of halogens is 1. The molecule has 1 N–H and O–H groups in total. The van der Waals surface area contributed by atoms with E-state index in [-0.39, 0.29) is 17.4 Å². The number of Topliss-reactive ketones (excluding diaryl/α,β-unsaturated/α-hetero) is 1. The molecule has 0 unspecified atom stereocenters. The molecule has 5 heteroatoms. The van der Waals surface area contributed by atoms with Crippen LogP contribution in [0, 0.1) is 0 Å². The van der Waals surface area contributed by atoms with Crippen molar-refractivity contribution in [2.45, 2.75) is 4.90 Å². The normalized spacial score (nSPS) is 10.7. The third-order valence-electron chi connectivity index (χ3n) is 4.65. The molecule has 3 nitrogen and oxygen atoms in total. The Balaban J connectivity index is 1.43. The molecule has 0 aliphatic rings. The van der Waals surface area contributed by atoms with E-state index in [1.807, 2.05) is 66.7 Å². The number of hydrogen-bond acceptors (Lipinski definition) is 3. The number of nitrogens with one attached hydrogen (secondary N) is 1. The lowest BCUT2D eigenvalue weighted by molar-refractivity contribution is 0.101. The van der Waals surface area contributed by atoms with Gasteiger partial charge in [-0.2, -0.15) is 0 Å². The third kappa shape index (κ3) is 4.73. The minimum atomic E-state index is -0.171. The Bertz CT molecular complexity index is 1240. The van der Waals surface area contributed by atoms with Crippen molar-refractivity contribution in [1.82, 2.24) is 0 Å². The van der Waals surface area contributed by atoms with Gasteiger partial charge in [0.05, 0.1) is 10.8 Å². The largest absolute Gasteiger partial charge is 0.322 e. The van der Waals surface area contributed by atoms with E-state index in [0.717, 1.165) is 15.7 Å². The molecule has 0 aromatic heterocycles. The molecule has 0 bridgehead atoms. The van der Waals surface area contributed by atoms with E-state index in [0.29, 0.717) is 21.8 Å². The third-order valence-corrected chi connectivity index (χ3v) is 5.97. The molecule has 0 fully saturated rings. The van der Waals surface area contributed by atoms with E-state index in [9.17, 15) is 9.59 Å². The van der Waals surface area contributed by atoms with Crippen molar-refractivity contribution in [1.29, 1.82) is 0 Å². The molecular formula is C25H18ClNO2S. The van der Waals surface area contributed by atoms with Crippen molar-refractivity contribution < 1.29 is 9.59 Å². The molecular weight excluding hydrogens is 414 g/mol. The second-order valence-corrected chi connectivity index (χ2v) is 8.19. The summed E-state index contributed by atoms with van der Waals surface area (Å²) in [7, 11) is 0. The van der Waals surface area contributed by atoms with E-state index in [1.54, 1.807) is 24.3 Å². The van der Waals surface area contributed by atoms with Gasteiger partial charge in [0.15, 0.2) is 5.78 Å². The van der Waals surface area contributed by atoms with Crippen LogP contribution in [0.15, 0.2) is 95.9 Å². The van der Waals surface area contributed by atoms with Gasteiger partial charge in [-0.15, -0.1) is 11.8 Å². The molecule has 0 aliphatic heterocycles. The fraction of sp³-hybridized carbons (Fsp3) is 0.0400. The standard InChI is InChI=1S/C25H18ClNO2S/c26-23-11-4-3-10-22(23)24(28)16-30-21-9-5-8-20(15-21)27-25(29)19-13-12-17-6-1-2-7-18(17)14-19/h1-15H,16H2,(H,27,29). The van der Waals surface area contributed by atoms with Gasteiger partial charge in [-0.25, -0.2) is 0 Å². The molecule has 4 aromatic carbocycles. The summed E-state index contributed by atoms with van der Waals surface area (Å²) in [4.78, 5) is 26.0. The van der Waals surface area contributed by atoms with Crippen molar-refractivity contribution in [2.75, 3.05) is 11.1 Å². The Kier molecular flexibility index (Phi) is 6.17. The molecule has 0 aliphatic carbocycles. The zero-order valence-corrected chi connectivity index (χ0v) is 17.5. The molecule has 1 amide bonds. The maximum atomic E-state index is 12.7. The van der Waals surface area contributed by atoms with Crippen LogP contribution in [0.25, 0.3) is 10.8 Å². The second-order valence-electron chi connectivity index (χ2n) is 6.74. The Morgan fingerprint density at radius 3 is 2.40 bits per heavy atom. The Morgan fingerprint density at radius 1 is 0.800 bits per heavy atom. The van der Waals surface area contributed by atoms with Crippen molar-refractivity contribution in [3.63, 3.8) is 0 Å². The number of rotatable bonds is 6. The lowest BCUT2D eigenvalue weighted by atomic mass is 10.1. The predicted octanol–water partition coefficient (Wildman–Crippen LogP) is 6.72. The SMILES string of the molecule is O=C(Nc1cccc(SCC(=O)c2ccccc2Cl)c1)c1ccc2ccccc2c1. The van der Waals surface area contributed by atoms with Gasteiger partial charge in [-0.05, 0) is 53.2 Å². The van der Waals surface area contributed by atoms with Gasteiger partial charge in [-0.1, -0.05) is 60.1 Å². The summed E-state index contributed by atoms with van der Waals surface area (Å²) in [5, 5.41) is 5.51. The van der Waals surface area contributed by atoms with Gasteiger partial charge in [0.2, 0.25) is 0 Å². The molecule has 0 spiro atoms. The van der Waals surface area contributed by atoms with Crippen molar-refractivity contribution in [2.24, 2.45) is 0 Å². The summed E-state index contributed by atoms with van der Waals surface area (Å²) in [5.74, 6) is 0.0671. The lowest BCUT2D eigenvalue weighted by Gasteiger charge is -2.08. The quantitative estimate of drug-likeness (QED) is 0.272. The van der Waals surface area contributed by atoms with Crippen molar-refractivity contribution in [3.05, 3.63) is 107 Å². The molecule has 4 rings (SSSR count).